The van der Waals surface area contributed by atoms with E-state index in [1.165, 1.54) is 36.6 Å². The predicted octanol–water partition coefficient (Wildman–Crippen LogP) is 3.05. The van der Waals surface area contributed by atoms with Crippen LogP contribution in [0.2, 0.25) is 0 Å². The molecule has 1 saturated carbocycles. The van der Waals surface area contributed by atoms with Gasteiger partial charge >= 0.3 is 0 Å². The van der Waals surface area contributed by atoms with E-state index in [0.717, 1.165) is 44.2 Å². The van der Waals surface area contributed by atoms with Gasteiger partial charge in [-0.15, -0.1) is 0 Å². The van der Waals surface area contributed by atoms with Gasteiger partial charge in [-0.25, -0.2) is 0 Å². The molecule has 0 radical (unpaired) electrons. The first kappa shape index (κ1) is 17.0. The molecule has 0 spiro atoms. The van der Waals surface area contributed by atoms with Crippen molar-refractivity contribution >= 4 is 10.9 Å². The third-order valence-electron chi connectivity index (χ3n) is 5.98. The van der Waals surface area contributed by atoms with Gasteiger partial charge in [0.1, 0.15) is 0 Å². The number of piperazine rings is 1. The molecule has 2 fully saturated rings. The van der Waals surface area contributed by atoms with Crippen molar-refractivity contribution in [1.82, 2.24) is 14.8 Å². The lowest BCUT2D eigenvalue weighted by atomic mass is 10.0. The highest BCUT2D eigenvalue weighted by Crippen LogP contribution is 2.28. The van der Waals surface area contributed by atoms with Crippen molar-refractivity contribution in [3.63, 3.8) is 0 Å². The van der Waals surface area contributed by atoms with Gasteiger partial charge in [-0.3, -0.25) is 14.8 Å². The number of hydrogen-bond donors (Lipinski definition) is 1. The van der Waals surface area contributed by atoms with Gasteiger partial charge in [0, 0.05) is 56.5 Å². The maximum Gasteiger partial charge on any atom is 0.0746 e. The van der Waals surface area contributed by atoms with E-state index in [-0.39, 0.29) is 6.61 Å². The van der Waals surface area contributed by atoms with Crippen molar-refractivity contribution in [2.24, 2.45) is 0 Å². The summed E-state index contributed by atoms with van der Waals surface area (Å²) >= 11 is 0. The van der Waals surface area contributed by atoms with Crippen molar-refractivity contribution in [1.29, 1.82) is 0 Å². The maximum absolute atomic E-state index is 9.54. The van der Waals surface area contributed by atoms with Crippen LogP contribution in [-0.4, -0.2) is 58.2 Å². The topological polar surface area (TPSA) is 39.6 Å². The number of aromatic nitrogens is 1. The molecule has 4 heteroatoms. The molecular weight excluding hydrogens is 310 g/mol. The molecule has 25 heavy (non-hydrogen) atoms. The van der Waals surface area contributed by atoms with Gasteiger partial charge in [0.25, 0.3) is 0 Å². The van der Waals surface area contributed by atoms with Gasteiger partial charge < -0.3 is 5.11 Å². The number of para-hydroxylation sites is 1. The zero-order chi connectivity index (χ0) is 17.1. The standard InChI is InChI=1S/C21H29N3O/c25-14-10-20-16-23(12-13-24(20)19-8-1-2-9-19)15-18-6-3-5-17-7-4-11-22-21(17)18/h3-7,11,19-20,25H,1-2,8-10,12-16H2/t20-/m1/s1. The number of fused-ring (bicyclic) bond motifs is 1. The Morgan fingerprint density at radius 1 is 1.08 bits per heavy atom. The fraction of sp³-hybridized carbons (Fsp3) is 0.571. The Bertz CT molecular complexity index is 693. The Morgan fingerprint density at radius 2 is 1.92 bits per heavy atom. The summed E-state index contributed by atoms with van der Waals surface area (Å²) in [5.41, 5.74) is 2.44. The third-order valence-corrected chi connectivity index (χ3v) is 5.98. The molecule has 2 heterocycles. The molecule has 1 aliphatic heterocycles. The maximum atomic E-state index is 9.54. The zero-order valence-corrected chi connectivity index (χ0v) is 15.0. The molecule has 4 nitrogen and oxygen atoms in total. The highest BCUT2D eigenvalue weighted by atomic mass is 16.3. The Hall–Kier alpha value is -1.49. The summed E-state index contributed by atoms with van der Waals surface area (Å²) in [6, 6.07) is 11.9. The molecule has 0 bridgehead atoms. The smallest absolute Gasteiger partial charge is 0.0746 e. The molecule has 1 saturated heterocycles. The number of benzene rings is 1. The SMILES string of the molecule is OCC[C@@H]1CN(Cc2cccc3cccnc23)CCN1C1CCCC1. The minimum Gasteiger partial charge on any atom is -0.396 e. The lowest BCUT2D eigenvalue weighted by Gasteiger charge is -2.44. The fourth-order valence-corrected chi connectivity index (χ4v) is 4.74. The van der Waals surface area contributed by atoms with Crippen LogP contribution in [0.5, 0.6) is 0 Å². The normalized spacial score (nSPS) is 23.5. The summed E-state index contributed by atoms with van der Waals surface area (Å²) in [6.45, 7) is 4.54. The second kappa shape index (κ2) is 7.81. The minimum atomic E-state index is 0.289. The summed E-state index contributed by atoms with van der Waals surface area (Å²) in [7, 11) is 0. The molecule has 0 unspecified atom stereocenters. The van der Waals surface area contributed by atoms with E-state index < -0.39 is 0 Å². The average Bonchev–Trinajstić information content (AvgIpc) is 3.17. The van der Waals surface area contributed by atoms with Crippen LogP contribution in [0.25, 0.3) is 10.9 Å². The monoisotopic (exact) mass is 339 g/mol. The number of rotatable bonds is 5. The Balaban J connectivity index is 1.48. The lowest BCUT2D eigenvalue weighted by Crippen LogP contribution is -2.56. The fourth-order valence-electron chi connectivity index (χ4n) is 4.74. The second-order valence-corrected chi connectivity index (χ2v) is 7.57. The van der Waals surface area contributed by atoms with E-state index in [4.69, 9.17) is 0 Å². The van der Waals surface area contributed by atoms with Crippen molar-refractivity contribution in [3.05, 3.63) is 42.1 Å². The van der Waals surface area contributed by atoms with E-state index in [2.05, 4.69) is 39.0 Å². The first-order valence-corrected chi connectivity index (χ1v) is 9.77. The van der Waals surface area contributed by atoms with E-state index in [1.807, 2.05) is 12.3 Å². The molecule has 134 valence electrons. The summed E-state index contributed by atoms with van der Waals surface area (Å²) in [5, 5.41) is 10.8. The van der Waals surface area contributed by atoms with Crippen molar-refractivity contribution < 1.29 is 5.11 Å². The van der Waals surface area contributed by atoms with E-state index in [0.29, 0.717) is 6.04 Å². The van der Waals surface area contributed by atoms with Gasteiger partial charge in [-0.05, 0) is 30.9 Å². The van der Waals surface area contributed by atoms with Crippen LogP contribution < -0.4 is 0 Å². The van der Waals surface area contributed by atoms with Crippen LogP contribution in [0.3, 0.4) is 0 Å². The molecule has 2 aromatic rings. The molecule has 0 amide bonds. The summed E-state index contributed by atoms with van der Waals surface area (Å²) in [4.78, 5) is 9.85. The van der Waals surface area contributed by atoms with E-state index in [9.17, 15) is 5.11 Å². The minimum absolute atomic E-state index is 0.289. The van der Waals surface area contributed by atoms with E-state index >= 15 is 0 Å². The Labute approximate surface area is 150 Å². The third kappa shape index (κ3) is 3.71. The number of aliphatic hydroxyl groups excluding tert-OH is 1. The first-order chi connectivity index (χ1) is 12.3. The zero-order valence-electron chi connectivity index (χ0n) is 15.0. The van der Waals surface area contributed by atoms with Crippen LogP contribution >= 0.6 is 0 Å². The number of hydrogen-bond acceptors (Lipinski definition) is 4. The predicted molar refractivity (Wildman–Crippen MR) is 101 cm³/mol. The van der Waals surface area contributed by atoms with E-state index in [1.54, 1.807) is 0 Å². The lowest BCUT2D eigenvalue weighted by molar-refractivity contribution is 0.0269. The molecule has 1 aliphatic carbocycles. The number of nitrogens with zero attached hydrogens (tertiary/aromatic N) is 3. The highest BCUT2D eigenvalue weighted by molar-refractivity contribution is 5.81. The number of pyridine rings is 1. The largest absolute Gasteiger partial charge is 0.396 e. The van der Waals surface area contributed by atoms with Crippen LogP contribution in [0.15, 0.2) is 36.5 Å². The first-order valence-electron chi connectivity index (χ1n) is 9.77. The molecular formula is C21H29N3O. The molecule has 1 atom stereocenters. The summed E-state index contributed by atoms with van der Waals surface area (Å²) < 4.78 is 0. The van der Waals surface area contributed by atoms with Crippen molar-refractivity contribution in [3.8, 4) is 0 Å². The summed E-state index contributed by atoms with van der Waals surface area (Å²) in [5.74, 6) is 0. The van der Waals surface area contributed by atoms with Crippen molar-refractivity contribution in [2.45, 2.75) is 50.7 Å². The molecule has 1 aromatic carbocycles. The van der Waals surface area contributed by atoms with Gasteiger partial charge in [-0.1, -0.05) is 37.1 Å². The molecule has 4 rings (SSSR count). The van der Waals surface area contributed by atoms with Crippen LogP contribution in [0.1, 0.15) is 37.7 Å². The van der Waals surface area contributed by atoms with Crippen molar-refractivity contribution in [2.75, 3.05) is 26.2 Å². The second-order valence-electron chi connectivity index (χ2n) is 7.57. The quantitative estimate of drug-likeness (QED) is 0.909. The van der Waals surface area contributed by atoms with Crippen LogP contribution in [0.4, 0.5) is 0 Å². The van der Waals surface area contributed by atoms with Gasteiger partial charge in [0.2, 0.25) is 0 Å². The van der Waals surface area contributed by atoms with Gasteiger partial charge in [-0.2, -0.15) is 0 Å². The van der Waals surface area contributed by atoms with Gasteiger partial charge in [0.15, 0.2) is 0 Å². The van der Waals surface area contributed by atoms with Gasteiger partial charge in [0.05, 0.1) is 5.52 Å². The average molecular weight is 339 g/mol. The molecule has 1 aromatic heterocycles. The molecule has 2 aliphatic rings. The molecule has 1 N–H and O–H groups in total. The number of aliphatic hydroxyl groups is 1. The van der Waals surface area contributed by atoms with Crippen LogP contribution in [0, 0.1) is 0 Å². The highest BCUT2D eigenvalue weighted by Gasteiger charge is 2.33. The summed E-state index contributed by atoms with van der Waals surface area (Å²) in [6.07, 6.45) is 8.21. The Kier molecular flexibility index (Phi) is 5.30. The Morgan fingerprint density at radius 3 is 2.76 bits per heavy atom. The van der Waals surface area contributed by atoms with Crippen LogP contribution in [-0.2, 0) is 6.54 Å².